The molecule has 150 valence electrons. The van der Waals surface area contributed by atoms with Crippen molar-refractivity contribution in [1.29, 1.82) is 0 Å². The summed E-state index contributed by atoms with van der Waals surface area (Å²) in [5.74, 6) is 2.93. The molecule has 0 bridgehead atoms. The Balaban J connectivity index is 1.32. The Bertz CT molecular complexity index is 847. The van der Waals surface area contributed by atoms with Gasteiger partial charge in [0.05, 0.1) is 0 Å². The van der Waals surface area contributed by atoms with Gasteiger partial charge in [-0.2, -0.15) is 0 Å². The fourth-order valence-electron chi connectivity index (χ4n) is 4.42. The second-order valence-corrected chi connectivity index (χ2v) is 8.37. The summed E-state index contributed by atoms with van der Waals surface area (Å²) in [5.41, 5.74) is 1.35. The number of ether oxygens (including phenoxy) is 2. The van der Waals surface area contributed by atoms with Crippen molar-refractivity contribution in [3.8, 4) is 11.5 Å². The maximum absolute atomic E-state index is 12.8. The monoisotopic (exact) mass is 383 g/mol. The van der Waals surface area contributed by atoms with Crippen LogP contribution in [0.25, 0.3) is 0 Å². The van der Waals surface area contributed by atoms with Crippen LogP contribution >= 0.6 is 0 Å². The van der Waals surface area contributed by atoms with E-state index in [0.717, 1.165) is 62.6 Å². The predicted octanol–water partition coefficient (Wildman–Crippen LogP) is 3.57. The molecule has 0 spiro atoms. The normalized spacial score (nSPS) is 21.1. The van der Waals surface area contributed by atoms with Gasteiger partial charge in [-0.05, 0) is 55.7 Å². The number of hydrogen-bond acceptors (Lipinski definition) is 4. The maximum atomic E-state index is 12.8. The lowest BCUT2D eigenvalue weighted by molar-refractivity contribution is -0.134. The van der Waals surface area contributed by atoms with E-state index < -0.39 is 0 Å². The smallest absolute Gasteiger partial charge is 0.231 e. The first-order chi connectivity index (χ1) is 13.5. The highest BCUT2D eigenvalue weighted by molar-refractivity contribution is 5.76. The average molecular weight is 383 g/mol. The van der Waals surface area contributed by atoms with Crippen LogP contribution < -0.4 is 9.47 Å². The van der Waals surface area contributed by atoms with Gasteiger partial charge in [-0.25, -0.2) is 4.98 Å². The standard InChI is InChI=1S/C22H29N3O3/c1-17-23-9-12-24(17)10-3-5-21(26)25-11-4-8-22(2,15-25)14-18-6-7-19-20(13-18)28-16-27-19/h6-7,9,12-13H,3-5,8,10-11,14-16H2,1-2H3. The highest BCUT2D eigenvalue weighted by atomic mass is 16.7. The molecule has 1 saturated heterocycles. The van der Waals surface area contributed by atoms with Crippen LogP contribution in [0.5, 0.6) is 11.5 Å². The van der Waals surface area contributed by atoms with Gasteiger partial charge < -0.3 is 18.9 Å². The van der Waals surface area contributed by atoms with E-state index in [9.17, 15) is 4.79 Å². The third kappa shape index (κ3) is 4.16. The molecular formula is C22H29N3O3. The van der Waals surface area contributed by atoms with Crippen LogP contribution in [-0.4, -0.2) is 40.2 Å². The lowest BCUT2D eigenvalue weighted by Crippen LogP contribution is -2.45. The van der Waals surface area contributed by atoms with Crippen LogP contribution in [0, 0.1) is 12.3 Å². The minimum atomic E-state index is 0.0997. The van der Waals surface area contributed by atoms with E-state index in [4.69, 9.17) is 9.47 Å². The zero-order valence-electron chi connectivity index (χ0n) is 16.8. The van der Waals surface area contributed by atoms with Gasteiger partial charge in [0.1, 0.15) is 5.82 Å². The van der Waals surface area contributed by atoms with Crippen molar-refractivity contribution >= 4 is 5.91 Å². The number of piperidine rings is 1. The van der Waals surface area contributed by atoms with E-state index in [2.05, 4.69) is 33.5 Å². The molecule has 2 aliphatic rings. The van der Waals surface area contributed by atoms with Crippen molar-refractivity contribution < 1.29 is 14.3 Å². The number of carbonyl (C=O) groups excluding carboxylic acids is 1. The van der Waals surface area contributed by atoms with Gasteiger partial charge in [-0.1, -0.05) is 13.0 Å². The van der Waals surface area contributed by atoms with Gasteiger partial charge >= 0.3 is 0 Å². The maximum Gasteiger partial charge on any atom is 0.231 e. The molecule has 2 aromatic rings. The summed E-state index contributed by atoms with van der Waals surface area (Å²) in [7, 11) is 0. The summed E-state index contributed by atoms with van der Waals surface area (Å²) < 4.78 is 13.0. The summed E-state index contributed by atoms with van der Waals surface area (Å²) in [5, 5.41) is 0. The van der Waals surface area contributed by atoms with Crippen LogP contribution in [0.1, 0.15) is 44.0 Å². The van der Waals surface area contributed by atoms with Crippen LogP contribution in [0.2, 0.25) is 0 Å². The SMILES string of the molecule is Cc1nccn1CCCC(=O)N1CCCC(C)(Cc2ccc3c(c2)OCO3)C1. The number of imidazole rings is 1. The predicted molar refractivity (Wildman–Crippen MR) is 106 cm³/mol. The second-order valence-electron chi connectivity index (χ2n) is 8.37. The van der Waals surface area contributed by atoms with E-state index in [1.807, 2.05) is 25.4 Å². The molecule has 0 saturated carbocycles. The molecular weight excluding hydrogens is 354 g/mol. The molecule has 6 nitrogen and oxygen atoms in total. The van der Waals surface area contributed by atoms with E-state index in [0.29, 0.717) is 13.2 Å². The summed E-state index contributed by atoms with van der Waals surface area (Å²) in [6.45, 7) is 7.14. The van der Waals surface area contributed by atoms with Crippen LogP contribution in [0.3, 0.4) is 0 Å². The van der Waals surface area contributed by atoms with E-state index >= 15 is 0 Å². The molecule has 2 aliphatic heterocycles. The summed E-state index contributed by atoms with van der Waals surface area (Å²) in [6.07, 6.45) is 8.38. The number of aromatic nitrogens is 2. The summed E-state index contributed by atoms with van der Waals surface area (Å²) in [4.78, 5) is 19.1. The van der Waals surface area contributed by atoms with E-state index in [-0.39, 0.29) is 11.3 Å². The quantitative estimate of drug-likeness (QED) is 0.765. The molecule has 3 heterocycles. The van der Waals surface area contributed by atoms with Crippen molar-refractivity contribution in [1.82, 2.24) is 14.5 Å². The number of hydrogen-bond donors (Lipinski definition) is 0. The number of benzene rings is 1. The zero-order valence-corrected chi connectivity index (χ0v) is 16.8. The number of rotatable bonds is 6. The number of aryl methyl sites for hydroxylation is 2. The Kier molecular flexibility index (Phi) is 5.29. The Labute approximate surface area is 166 Å². The third-order valence-corrected chi connectivity index (χ3v) is 5.91. The molecule has 0 N–H and O–H groups in total. The van der Waals surface area contributed by atoms with Gasteiger partial charge in [-0.15, -0.1) is 0 Å². The molecule has 1 amide bonds. The first kappa shape index (κ1) is 18.8. The van der Waals surface area contributed by atoms with Gasteiger partial charge in [-0.3, -0.25) is 4.79 Å². The Morgan fingerprint density at radius 2 is 2.14 bits per heavy atom. The summed E-state index contributed by atoms with van der Waals surface area (Å²) >= 11 is 0. The summed E-state index contributed by atoms with van der Waals surface area (Å²) in [6, 6.07) is 6.19. The Hall–Kier alpha value is -2.50. The molecule has 1 fully saturated rings. The third-order valence-electron chi connectivity index (χ3n) is 5.91. The minimum Gasteiger partial charge on any atom is -0.454 e. The van der Waals surface area contributed by atoms with E-state index in [1.165, 1.54) is 5.56 Å². The molecule has 1 unspecified atom stereocenters. The fourth-order valence-corrected chi connectivity index (χ4v) is 4.42. The van der Waals surface area contributed by atoms with E-state index in [1.54, 1.807) is 0 Å². The van der Waals surface area contributed by atoms with Crippen molar-refractivity contribution in [3.05, 3.63) is 42.0 Å². The molecule has 1 aromatic carbocycles. The number of nitrogens with zero attached hydrogens (tertiary/aromatic N) is 3. The zero-order chi connectivity index (χ0) is 19.6. The molecule has 0 aliphatic carbocycles. The lowest BCUT2D eigenvalue weighted by atomic mass is 9.77. The fraction of sp³-hybridized carbons (Fsp3) is 0.545. The van der Waals surface area contributed by atoms with Gasteiger partial charge in [0, 0.05) is 38.4 Å². The van der Waals surface area contributed by atoms with Crippen molar-refractivity contribution in [2.24, 2.45) is 5.41 Å². The number of amides is 1. The second kappa shape index (κ2) is 7.86. The number of carbonyl (C=O) groups is 1. The lowest BCUT2D eigenvalue weighted by Gasteiger charge is -2.41. The molecule has 6 heteroatoms. The molecule has 0 radical (unpaired) electrons. The molecule has 1 aromatic heterocycles. The van der Waals surface area contributed by atoms with Crippen molar-refractivity contribution in [2.75, 3.05) is 19.9 Å². The Morgan fingerprint density at radius 1 is 1.29 bits per heavy atom. The minimum absolute atomic E-state index is 0.0997. The van der Waals surface area contributed by atoms with Crippen LogP contribution in [-0.2, 0) is 17.8 Å². The van der Waals surface area contributed by atoms with Crippen molar-refractivity contribution in [3.63, 3.8) is 0 Å². The highest BCUT2D eigenvalue weighted by Crippen LogP contribution is 2.37. The van der Waals surface area contributed by atoms with Gasteiger partial charge in [0.15, 0.2) is 11.5 Å². The Morgan fingerprint density at radius 3 is 2.96 bits per heavy atom. The molecule has 1 atom stereocenters. The van der Waals surface area contributed by atoms with Crippen LogP contribution in [0.4, 0.5) is 0 Å². The molecule has 28 heavy (non-hydrogen) atoms. The number of likely N-dealkylation sites (tertiary alicyclic amines) is 1. The average Bonchev–Trinajstić information content (AvgIpc) is 3.30. The van der Waals surface area contributed by atoms with Crippen molar-refractivity contribution in [2.45, 2.75) is 52.5 Å². The molecule has 4 rings (SSSR count). The van der Waals surface area contributed by atoms with Crippen LogP contribution in [0.15, 0.2) is 30.6 Å². The topological polar surface area (TPSA) is 56.6 Å². The first-order valence-corrected chi connectivity index (χ1v) is 10.2. The largest absolute Gasteiger partial charge is 0.454 e. The highest BCUT2D eigenvalue weighted by Gasteiger charge is 2.33. The van der Waals surface area contributed by atoms with Gasteiger partial charge in [0.2, 0.25) is 12.7 Å². The van der Waals surface area contributed by atoms with Gasteiger partial charge in [0.25, 0.3) is 0 Å². The number of fused-ring (bicyclic) bond motifs is 1. The first-order valence-electron chi connectivity index (χ1n) is 10.2.